The predicted molar refractivity (Wildman–Crippen MR) is 212 cm³/mol. The maximum absolute atomic E-state index is 4.84. The first-order chi connectivity index (χ1) is 25.8. The van der Waals surface area contributed by atoms with Gasteiger partial charge in [-0.2, -0.15) is 0 Å². The Balaban J connectivity index is 1.28. The van der Waals surface area contributed by atoms with E-state index in [1.54, 1.807) is 0 Å². The van der Waals surface area contributed by atoms with Gasteiger partial charge in [0.1, 0.15) is 11.0 Å². The minimum Gasteiger partial charge on any atom is -0.309 e. The first-order valence-corrected chi connectivity index (χ1v) is 17.4. The van der Waals surface area contributed by atoms with Gasteiger partial charge in [0.05, 0.1) is 33.8 Å². The van der Waals surface area contributed by atoms with E-state index in [0.29, 0.717) is 0 Å². The fourth-order valence-corrected chi connectivity index (χ4v) is 7.50. The molecule has 0 bridgehead atoms. The first-order valence-electron chi connectivity index (χ1n) is 17.4. The summed E-state index contributed by atoms with van der Waals surface area (Å²) in [5.74, 6) is 0. The number of rotatable bonds is 7. The largest absolute Gasteiger partial charge is 0.309 e. The quantitative estimate of drug-likeness (QED) is 0.170. The van der Waals surface area contributed by atoms with Crippen molar-refractivity contribution in [3.8, 4) is 33.9 Å². The highest BCUT2D eigenvalue weighted by molar-refractivity contribution is 5.96. The summed E-state index contributed by atoms with van der Waals surface area (Å²) in [6.45, 7) is 0. The molecule has 0 spiro atoms. The molecule has 6 nitrogen and oxygen atoms in total. The monoisotopic (exact) mass is 668 g/mol. The normalized spacial score (nSPS) is 11.5. The summed E-state index contributed by atoms with van der Waals surface area (Å²) in [7, 11) is 0. The number of hydrogen-bond acceptors (Lipinski definition) is 3. The zero-order valence-corrected chi connectivity index (χ0v) is 28.2. The second-order valence-corrected chi connectivity index (χ2v) is 12.8. The van der Waals surface area contributed by atoms with Gasteiger partial charge in [-0.05, 0) is 78.0 Å². The van der Waals surface area contributed by atoms with Crippen LogP contribution in [0.15, 0.2) is 194 Å². The van der Waals surface area contributed by atoms with Crippen molar-refractivity contribution in [2.75, 3.05) is 5.01 Å². The Bertz CT molecular complexity index is 2700. The van der Waals surface area contributed by atoms with Gasteiger partial charge in [-0.1, -0.05) is 121 Å². The molecule has 3 aromatic heterocycles. The lowest BCUT2D eigenvalue weighted by atomic mass is 10.0. The smallest absolute Gasteiger partial charge is 0.115 e. The molecule has 0 unspecified atom stereocenters. The predicted octanol–water partition coefficient (Wildman–Crippen LogP) is 11.3. The van der Waals surface area contributed by atoms with Crippen molar-refractivity contribution >= 4 is 44.2 Å². The Labute approximate surface area is 300 Å². The zero-order valence-electron chi connectivity index (χ0n) is 28.2. The lowest BCUT2D eigenvalue weighted by Crippen LogP contribution is -2.27. The summed E-state index contributed by atoms with van der Waals surface area (Å²) in [5, 5.41) is 14.1. The molecule has 10 rings (SSSR count). The fourth-order valence-electron chi connectivity index (χ4n) is 7.50. The van der Waals surface area contributed by atoms with E-state index in [2.05, 4.69) is 195 Å². The van der Waals surface area contributed by atoms with Gasteiger partial charge in [0.15, 0.2) is 0 Å². The molecule has 0 atom stereocenters. The summed E-state index contributed by atoms with van der Waals surface area (Å²) in [6.07, 6.45) is 0. The van der Waals surface area contributed by atoms with Crippen molar-refractivity contribution in [3.63, 3.8) is 0 Å². The van der Waals surface area contributed by atoms with E-state index >= 15 is 0 Å². The molecular weight excluding hydrogens is 637 g/mol. The molecule has 7 aromatic carbocycles. The molecule has 6 heteroatoms. The van der Waals surface area contributed by atoms with Gasteiger partial charge in [-0.25, -0.2) is 5.01 Å². The second kappa shape index (κ2) is 12.3. The third-order valence-corrected chi connectivity index (χ3v) is 9.79. The zero-order chi connectivity index (χ0) is 34.4. The van der Waals surface area contributed by atoms with Gasteiger partial charge < -0.3 is 9.13 Å². The van der Waals surface area contributed by atoms with E-state index < -0.39 is 0 Å². The lowest BCUT2D eigenvalue weighted by Gasteiger charge is -2.29. The van der Waals surface area contributed by atoms with Crippen LogP contribution in [0.1, 0.15) is 0 Å². The van der Waals surface area contributed by atoms with Crippen molar-refractivity contribution in [1.29, 1.82) is 0 Å². The molecular formula is C46H32N6. The SMILES string of the molecule is c1ccc(-n2c(-c3ccccc3N(c3ccccc3-c3cc4ccccc4n3-c3ccccc3)n3nnc4ccccc43)cc3ccccc32)cc1. The molecule has 0 N–H and O–H groups in total. The minimum absolute atomic E-state index is 0.819. The minimum atomic E-state index is 0.819. The lowest BCUT2D eigenvalue weighted by molar-refractivity contribution is 0.683. The van der Waals surface area contributed by atoms with Crippen LogP contribution in [-0.2, 0) is 0 Å². The Morgan fingerprint density at radius 3 is 1.35 bits per heavy atom. The topological polar surface area (TPSA) is 43.8 Å². The number of aromatic nitrogens is 5. The highest BCUT2D eigenvalue weighted by Crippen LogP contribution is 2.44. The van der Waals surface area contributed by atoms with Crippen LogP contribution in [0.2, 0.25) is 0 Å². The van der Waals surface area contributed by atoms with Gasteiger partial charge in [0.2, 0.25) is 0 Å². The van der Waals surface area contributed by atoms with E-state index in [-0.39, 0.29) is 0 Å². The maximum Gasteiger partial charge on any atom is 0.115 e. The molecule has 0 aliphatic rings. The van der Waals surface area contributed by atoms with Crippen LogP contribution >= 0.6 is 0 Å². The van der Waals surface area contributed by atoms with Gasteiger partial charge in [-0.3, -0.25) is 0 Å². The van der Waals surface area contributed by atoms with Crippen LogP contribution in [0.25, 0.3) is 66.7 Å². The Morgan fingerprint density at radius 1 is 0.385 bits per heavy atom. The molecule has 246 valence electrons. The molecule has 0 fully saturated rings. The van der Waals surface area contributed by atoms with Crippen molar-refractivity contribution in [2.24, 2.45) is 0 Å². The van der Waals surface area contributed by atoms with E-state index in [0.717, 1.165) is 67.3 Å². The van der Waals surface area contributed by atoms with Crippen molar-refractivity contribution in [2.45, 2.75) is 0 Å². The standard InChI is InChI=1S/C46H32N6/c1-3-19-35(20-4-1)49-40-26-12-7-17-33(40)31-45(49)37-23-9-14-28-42(37)51(52-44-30-16-11-25-39(44)47-48-52)43-29-15-10-24-38(43)46-32-34-18-8-13-27-41(34)50(46)36-21-5-2-6-22-36/h1-32H. The Kier molecular flexibility index (Phi) is 7.03. The number of benzene rings is 7. The number of anilines is 2. The van der Waals surface area contributed by atoms with Gasteiger partial charge in [0.25, 0.3) is 0 Å². The summed E-state index contributed by atoms with van der Waals surface area (Å²) in [5.41, 5.74) is 12.4. The summed E-state index contributed by atoms with van der Waals surface area (Å²) >= 11 is 0. The molecule has 3 heterocycles. The molecule has 0 radical (unpaired) electrons. The Hall–Kier alpha value is -7.18. The number of hydrogen-bond donors (Lipinski definition) is 0. The highest BCUT2D eigenvalue weighted by atomic mass is 15.7. The molecule has 0 saturated heterocycles. The molecule has 52 heavy (non-hydrogen) atoms. The molecule has 0 amide bonds. The Morgan fingerprint density at radius 2 is 0.808 bits per heavy atom. The van der Waals surface area contributed by atoms with E-state index in [4.69, 9.17) is 5.21 Å². The van der Waals surface area contributed by atoms with Gasteiger partial charge in [-0.15, -0.1) is 9.89 Å². The maximum atomic E-state index is 4.84. The number of nitrogens with zero attached hydrogens (tertiary/aromatic N) is 6. The van der Waals surface area contributed by atoms with E-state index in [1.807, 2.05) is 23.0 Å². The second-order valence-electron chi connectivity index (χ2n) is 12.8. The van der Waals surface area contributed by atoms with Crippen LogP contribution in [-0.4, -0.2) is 24.2 Å². The summed E-state index contributed by atoms with van der Waals surface area (Å²) < 4.78 is 4.70. The van der Waals surface area contributed by atoms with Crippen molar-refractivity contribution < 1.29 is 0 Å². The van der Waals surface area contributed by atoms with Crippen LogP contribution in [0.4, 0.5) is 11.4 Å². The van der Waals surface area contributed by atoms with Crippen molar-refractivity contribution in [1.82, 2.24) is 24.2 Å². The molecule has 0 aliphatic heterocycles. The highest BCUT2D eigenvalue weighted by Gasteiger charge is 2.26. The number of para-hydroxylation sites is 7. The van der Waals surface area contributed by atoms with Crippen LogP contribution in [0.5, 0.6) is 0 Å². The van der Waals surface area contributed by atoms with Crippen LogP contribution < -0.4 is 5.01 Å². The van der Waals surface area contributed by atoms with Crippen molar-refractivity contribution in [3.05, 3.63) is 194 Å². The summed E-state index contributed by atoms with van der Waals surface area (Å²) in [4.78, 5) is 1.94. The first kappa shape index (κ1) is 29.7. The fraction of sp³-hybridized carbons (Fsp3) is 0. The third kappa shape index (κ3) is 4.81. The van der Waals surface area contributed by atoms with Gasteiger partial charge >= 0.3 is 0 Å². The van der Waals surface area contributed by atoms with Gasteiger partial charge in [0, 0.05) is 33.3 Å². The molecule has 10 aromatic rings. The van der Waals surface area contributed by atoms with E-state index in [1.165, 1.54) is 10.8 Å². The third-order valence-electron chi connectivity index (χ3n) is 9.79. The van der Waals surface area contributed by atoms with E-state index in [9.17, 15) is 0 Å². The number of fused-ring (bicyclic) bond motifs is 3. The average Bonchev–Trinajstić information content (AvgIpc) is 3.93. The molecule has 0 aliphatic carbocycles. The molecule has 0 saturated carbocycles. The summed E-state index contributed by atoms with van der Waals surface area (Å²) in [6, 6.07) is 68.2. The van der Waals surface area contributed by atoms with Crippen LogP contribution in [0, 0.1) is 0 Å². The van der Waals surface area contributed by atoms with Crippen LogP contribution in [0.3, 0.4) is 0 Å². The average molecular weight is 669 g/mol.